The Kier molecular flexibility index (Phi) is 5.17. The van der Waals surface area contributed by atoms with E-state index in [2.05, 4.69) is 26.7 Å². The van der Waals surface area contributed by atoms with Crippen molar-refractivity contribution in [1.82, 2.24) is 0 Å². The van der Waals surface area contributed by atoms with Crippen LogP contribution in [0, 0.1) is 11.3 Å². The second kappa shape index (κ2) is 6.41. The number of benzene rings is 1. The number of halogens is 1. The predicted molar refractivity (Wildman–Crippen MR) is 68.9 cm³/mol. The van der Waals surface area contributed by atoms with E-state index in [1.54, 1.807) is 6.07 Å². The Morgan fingerprint density at radius 2 is 2.24 bits per heavy atom. The number of ether oxygens (including phenoxy) is 1. The molecule has 0 radical (unpaired) electrons. The Morgan fingerprint density at radius 3 is 2.71 bits per heavy atom. The molecule has 1 rings (SSSR count). The van der Waals surface area contributed by atoms with Crippen LogP contribution in [0.15, 0.2) is 12.1 Å². The van der Waals surface area contributed by atoms with Crippen molar-refractivity contribution in [3.05, 3.63) is 34.4 Å². The number of nitriles is 1. The number of methoxy groups -OCH3 is 1. The molecule has 0 spiro atoms. The first kappa shape index (κ1) is 13.7. The molecule has 1 aromatic rings. The third-order valence-corrected chi connectivity index (χ3v) is 3.17. The Labute approximate surface area is 110 Å². The minimum absolute atomic E-state index is 0.209. The summed E-state index contributed by atoms with van der Waals surface area (Å²) >= 11 is 3.39. The summed E-state index contributed by atoms with van der Waals surface area (Å²) in [5, 5.41) is 9.75. The molecule has 0 aliphatic heterocycles. The first-order chi connectivity index (χ1) is 8.15. The van der Waals surface area contributed by atoms with Gasteiger partial charge >= 0.3 is 5.97 Å². The van der Waals surface area contributed by atoms with Gasteiger partial charge in [-0.05, 0) is 29.2 Å². The quantitative estimate of drug-likeness (QED) is 0.634. The van der Waals surface area contributed by atoms with E-state index >= 15 is 0 Å². The van der Waals surface area contributed by atoms with Gasteiger partial charge in [-0.15, -0.1) is 0 Å². The van der Waals surface area contributed by atoms with E-state index in [1.807, 2.05) is 13.0 Å². The summed E-state index contributed by atoms with van der Waals surface area (Å²) in [5.74, 6) is -0.289. The average molecular weight is 296 g/mol. The fourth-order valence-corrected chi connectivity index (χ4v) is 2.37. The minimum atomic E-state index is -0.289. The van der Waals surface area contributed by atoms with Crippen LogP contribution in [-0.4, -0.2) is 13.1 Å². The number of esters is 1. The first-order valence-electron chi connectivity index (χ1n) is 5.33. The van der Waals surface area contributed by atoms with Crippen LogP contribution in [-0.2, 0) is 27.7 Å². The normalized spacial score (nSPS) is 9.76. The molecule has 3 nitrogen and oxygen atoms in total. The van der Waals surface area contributed by atoms with Crippen molar-refractivity contribution >= 4 is 21.9 Å². The zero-order chi connectivity index (χ0) is 12.8. The average Bonchev–Trinajstić information content (AvgIpc) is 2.37. The Bertz CT molecular complexity index is 463. The van der Waals surface area contributed by atoms with Gasteiger partial charge in [0.2, 0.25) is 0 Å². The number of hydrogen-bond donors (Lipinski definition) is 0. The lowest BCUT2D eigenvalue weighted by Gasteiger charge is -2.10. The van der Waals surface area contributed by atoms with Crippen LogP contribution in [0.4, 0.5) is 0 Å². The lowest BCUT2D eigenvalue weighted by atomic mass is 9.96. The molecule has 4 heteroatoms. The highest BCUT2D eigenvalue weighted by atomic mass is 79.9. The van der Waals surface area contributed by atoms with Crippen LogP contribution in [0.3, 0.4) is 0 Å². The topological polar surface area (TPSA) is 50.1 Å². The molecule has 0 fully saturated rings. The largest absolute Gasteiger partial charge is 0.469 e. The van der Waals surface area contributed by atoms with Crippen molar-refractivity contribution in [2.75, 3.05) is 7.11 Å². The molecule has 0 bridgehead atoms. The van der Waals surface area contributed by atoms with Gasteiger partial charge in [0, 0.05) is 5.33 Å². The Hall–Kier alpha value is -1.34. The van der Waals surface area contributed by atoms with E-state index in [1.165, 1.54) is 7.11 Å². The molecule has 0 saturated carbocycles. The van der Waals surface area contributed by atoms with E-state index < -0.39 is 0 Å². The fourth-order valence-electron chi connectivity index (χ4n) is 1.71. The van der Waals surface area contributed by atoms with Gasteiger partial charge in [-0.1, -0.05) is 28.9 Å². The molecule has 90 valence electrons. The summed E-state index contributed by atoms with van der Waals surface area (Å²) < 4.78 is 4.63. The van der Waals surface area contributed by atoms with E-state index in [0.717, 1.165) is 23.1 Å². The predicted octanol–water partition coefficient (Wildman–Crippen LogP) is 2.73. The molecular weight excluding hydrogens is 282 g/mol. The van der Waals surface area contributed by atoms with E-state index in [4.69, 9.17) is 5.26 Å². The fraction of sp³-hybridized carbons (Fsp3) is 0.385. The van der Waals surface area contributed by atoms with E-state index in [0.29, 0.717) is 10.9 Å². The second-order valence-electron chi connectivity index (χ2n) is 3.63. The molecule has 0 heterocycles. The number of alkyl halides is 1. The second-order valence-corrected chi connectivity index (χ2v) is 4.19. The van der Waals surface area contributed by atoms with Gasteiger partial charge in [-0.25, -0.2) is 0 Å². The molecule has 0 amide bonds. The molecule has 0 atom stereocenters. The zero-order valence-corrected chi connectivity index (χ0v) is 11.5. The zero-order valence-electron chi connectivity index (χ0n) is 9.92. The van der Waals surface area contributed by atoms with Crippen molar-refractivity contribution in [2.24, 2.45) is 0 Å². The summed E-state index contributed by atoms with van der Waals surface area (Å²) in [4.78, 5) is 11.2. The summed E-state index contributed by atoms with van der Waals surface area (Å²) in [7, 11) is 1.36. The van der Waals surface area contributed by atoms with Gasteiger partial charge in [-0.2, -0.15) is 5.26 Å². The van der Waals surface area contributed by atoms with E-state index in [9.17, 15) is 4.79 Å². The molecule has 0 N–H and O–H groups in total. The first-order valence-corrected chi connectivity index (χ1v) is 6.45. The van der Waals surface area contributed by atoms with Gasteiger partial charge in [0.25, 0.3) is 0 Å². The van der Waals surface area contributed by atoms with Crippen LogP contribution in [0.5, 0.6) is 0 Å². The third-order valence-electron chi connectivity index (χ3n) is 2.61. The Balaban J connectivity index is 3.19. The van der Waals surface area contributed by atoms with Crippen LogP contribution in [0.2, 0.25) is 0 Å². The highest BCUT2D eigenvalue weighted by molar-refractivity contribution is 9.08. The van der Waals surface area contributed by atoms with Crippen molar-refractivity contribution in [1.29, 1.82) is 5.26 Å². The molecule has 0 aromatic heterocycles. The molecule has 0 saturated heterocycles. The number of carbonyl (C=O) groups is 1. The number of carbonyl (C=O) groups excluding carboxylic acids is 1. The minimum Gasteiger partial charge on any atom is -0.469 e. The van der Waals surface area contributed by atoms with Crippen molar-refractivity contribution in [3.8, 4) is 6.07 Å². The van der Waals surface area contributed by atoms with Crippen LogP contribution < -0.4 is 0 Å². The van der Waals surface area contributed by atoms with Crippen molar-refractivity contribution in [2.45, 2.75) is 25.1 Å². The lowest BCUT2D eigenvalue weighted by Crippen LogP contribution is -2.06. The van der Waals surface area contributed by atoms with Gasteiger partial charge < -0.3 is 4.74 Å². The summed E-state index contributed by atoms with van der Waals surface area (Å²) in [5.41, 5.74) is 3.55. The maximum absolute atomic E-state index is 11.2. The lowest BCUT2D eigenvalue weighted by molar-refractivity contribution is -0.139. The van der Waals surface area contributed by atoms with Crippen LogP contribution >= 0.6 is 15.9 Å². The maximum atomic E-state index is 11.2. The molecular formula is C13H14BrNO2. The highest BCUT2D eigenvalue weighted by Crippen LogP contribution is 2.21. The number of nitrogens with zero attached hydrogens (tertiary/aromatic N) is 1. The molecule has 17 heavy (non-hydrogen) atoms. The molecule has 0 aliphatic rings. The van der Waals surface area contributed by atoms with Crippen molar-refractivity contribution < 1.29 is 9.53 Å². The van der Waals surface area contributed by atoms with Gasteiger partial charge in [0.1, 0.15) is 0 Å². The standard InChI is InChI=1S/C13H14BrNO2/c1-3-10-4-9(6-13(16)17-2)5-11(8-15)12(10)7-14/h4-5H,3,6-7H2,1-2H3. The van der Waals surface area contributed by atoms with Gasteiger partial charge in [0.15, 0.2) is 0 Å². The van der Waals surface area contributed by atoms with Gasteiger partial charge in [0.05, 0.1) is 25.2 Å². The smallest absolute Gasteiger partial charge is 0.309 e. The summed E-state index contributed by atoms with van der Waals surface area (Å²) in [6.07, 6.45) is 1.05. The summed E-state index contributed by atoms with van der Waals surface area (Å²) in [6, 6.07) is 5.89. The van der Waals surface area contributed by atoms with Crippen LogP contribution in [0.25, 0.3) is 0 Å². The monoisotopic (exact) mass is 295 g/mol. The van der Waals surface area contributed by atoms with E-state index in [-0.39, 0.29) is 12.4 Å². The number of rotatable bonds is 4. The van der Waals surface area contributed by atoms with Crippen molar-refractivity contribution in [3.63, 3.8) is 0 Å². The maximum Gasteiger partial charge on any atom is 0.309 e. The Morgan fingerprint density at radius 1 is 1.53 bits per heavy atom. The number of aryl methyl sites for hydroxylation is 1. The van der Waals surface area contributed by atoms with Gasteiger partial charge in [-0.3, -0.25) is 4.79 Å². The summed E-state index contributed by atoms with van der Waals surface area (Å²) in [6.45, 7) is 2.03. The van der Waals surface area contributed by atoms with Crippen LogP contribution in [0.1, 0.15) is 29.2 Å². The number of hydrogen-bond acceptors (Lipinski definition) is 3. The molecule has 0 unspecified atom stereocenters. The molecule has 0 aliphatic carbocycles. The SMILES string of the molecule is CCc1cc(CC(=O)OC)cc(C#N)c1CBr. The highest BCUT2D eigenvalue weighted by Gasteiger charge is 2.11. The molecule has 1 aromatic carbocycles. The third kappa shape index (κ3) is 3.31.